The van der Waals surface area contributed by atoms with E-state index in [1.54, 1.807) is 28.5 Å². The molecule has 4 heterocycles. The Kier molecular flexibility index (Phi) is 6.06. The predicted molar refractivity (Wildman–Crippen MR) is 120 cm³/mol. The molecule has 0 saturated carbocycles. The Morgan fingerprint density at radius 3 is 2.49 bits per heavy atom. The number of aryl methyl sites for hydroxylation is 1. The number of nitrogens with one attached hydrogen (secondary N) is 1. The zero-order chi connectivity index (χ0) is 25.5. The zero-order valence-corrected chi connectivity index (χ0v) is 19.6. The summed E-state index contributed by atoms with van der Waals surface area (Å²) in [6.07, 6.45) is -2.26. The van der Waals surface area contributed by atoms with Crippen LogP contribution in [0.3, 0.4) is 0 Å². The first-order valence-corrected chi connectivity index (χ1v) is 12.1. The first-order valence-electron chi connectivity index (χ1n) is 9.79. The van der Waals surface area contributed by atoms with Gasteiger partial charge in [-0.2, -0.15) is 28.4 Å². The van der Waals surface area contributed by atoms with Crippen molar-refractivity contribution in [1.82, 2.24) is 24.2 Å². The molecule has 0 radical (unpaired) electrons. The number of nitriles is 2. The van der Waals surface area contributed by atoms with Crippen molar-refractivity contribution >= 4 is 32.4 Å². The monoisotopic (exact) mass is 517 g/mol. The van der Waals surface area contributed by atoms with Crippen LogP contribution in [0.4, 0.5) is 13.2 Å². The summed E-state index contributed by atoms with van der Waals surface area (Å²) in [6.45, 7) is 2.49. The minimum atomic E-state index is -4.76. The van der Waals surface area contributed by atoms with Crippen molar-refractivity contribution in [1.29, 1.82) is 10.5 Å². The van der Waals surface area contributed by atoms with Gasteiger partial charge in [0.2, 0.25) is 10.0 Å². The normalized spacial score (nSPS) is 12.9. The summed E-state index contributed by atoms with van der Waals surface area (Å²) in [7, 11) is -4.51. The van der Waals surface area contributed by atoms with Crippen LogP contribution < -0.4 is 4.72 Å². The topological polar surface area (TPSA) is 137 Å². The Morgan fingerprint density at radius 2 is 1.91 bits per heavy atom. The lowest BCUT2D eigenvalue weighted by Gasteiger charge is -2.17. The second-order valence-electron chi connectivity index (χ2n) is 7.45. The Bertz CT molecular complexity index is 1630. The molecule has 0 amide bonds. The summed E-state index contributed by atoms with van der Waals surface area (Å²) >= 11 is 1.14. The summed E-state index contributed by atoms with van der Waals surface area (Å²) in [5, 5.41) is 21.5. The standard InChI is InChI=1S/C21H14F3N7O2S2/c1-11-5-15-16(7-26)18(31(19(15)28-8-11)20-29-13(6-25)10-34-20)17-4-3-14(9-27-17)35(32,33)30-12(2)21(22,23)24/h3-5,8-10,12,30H,1-2H3. The van der Waals surface area contributed by atoms with Gasteiger partial charge in [0, 0.05) is 23.2 Å². The largest absolute Gasteiger partial charge is 0.404 e. The van der Waals surface area contributed by atoms with Gasteiger partial charge >= 0.3 is 6.18 Å². The van der Waals surface area contributed by atoms with Gasteiger partial charge < -0.3 is 0 Å². The van der Waals surface area contributed by atoms with Crippen LogP contribution in [0.25, 0.3) is 27.6 Å². The first-order chi connectivity index (χ1) is 16.5. The molecule has 0 fully saturated rings. The smallest absolute Gasteiger partial charge is 0.266 e. The number of thiazole rings is 1. The molecule has 4 aromatic rings. The minimum Gasteiger partial charge on any atom is -0.266 e. The quantitative estimate of drug-likeness (QED) is 0.425. The summed E-state index contributed by atoms with van der Waals surface area (Å²) in [5.41, 5.74) is 1.92. The van der Waals surface area contributed by atoms with Gasteiger partial charge in [0.05, 0.1) is 17.0 Å². The van der Waals surface area contributed by atoms with Crippen LogP contribution in [0, 0.1) is 29.6 Å². The molecule has 9 nitrogen and oxygen atoms in total. The van der Waals surface area contributed by atoms with Gasteiger partial charge in [-0.05, 0) is 37.6 Å². The van der Waals surface area contributed by atoms with E-state index in [1.807, 2.05) is 6.07 Å². The minimum absolute atomic E-state index is 0.155. The van der Waals surface area contributed by atoms with E-state index in [9.17, 15) is 32.1 Å². The molecule has 0 saturated heterocycles. The Hall–Kier alpha value is -3.85. The summed E-state index contributed by atoms with van der Waals surface area (Å²) in [6, 6.07) is 5.88. The molecule has 35 heavy (non-hydrogen) atoms. The molecule has 1 N–H and O–H groups in total. The van der Waals surface area contributed by atoms with Gasteiger partial charge in [0.1, 0.15) is 28.7 Å². The maximum atomic E-state index is 12.8. The van der Waals surface area contributed by atoms with E-state index >= 15 is 0 Å². The maximum absolute atomic E-state index is 12.8. The van der Waals surface area contributed by atoms with Gasteiger partial charge in [-0.15, -0.1) is 11.3 Å². The molecule has 0 aromatic carbocycles. The van der Waals surface area contributed by atoms with Crippen LogP contribution in [-0.2, 0) is 10.0 Å². The molecule has 0 bridgehead atoms. The van der Waals surface area contributed by atoms with E-state index in [0.29, 0.717) is 23.1 Å². The molecule has 0 spiro atoms. The number of halogens is 3. The lowest BCUT2D eigenvalue weighted by molar-refractivity contribution is -0.147. The first kappa shape index (κ1) is 24.3. The van der Waals surface area contributed by atoms with E-state index in [1.165, 1.54) is 11.4 Å². The van der Waals surface area contributed by atoms with E-state index in [2.05, 4.69) is 21.0 Å². The maximum Gasteiger partial charge on any atom is 0.404 e. The highest BCUT2D eigenvalue weighted by molar-refractivity contribution is 7.89. The van der Waals surface area contributed by atoms with Crippen molar-refractivity contribution in [2.45, 2.75) is 31.0 Å². The number of sulfonamides is 1. The third-order valence-corrected chi connectivity index (χ3v) is 7.32. The third kappa shape index (κ3) is 4.46. The second kappa shape index (κ2) is 8.74. The fraction of sp³-hybridized carbons (Fsp3) is 0.190. The van der Waals surface area contributed by atoms with Crippen molar-refractivity contribution in [3.05, 3.63) is 52.8 Å². The van der Waals surface area contributed by atoms with Crippen LogP contribution in [0.1, 0.15) is 23.7 Å². The number of rotatable bonds is 5. The van der Waals surface area contributed by atoms with E-state index in [4.69, 9.17) is 0 Å². The van der Waals surface area contributed by atoms with E-state index < -0.39 is 27.1 Å². The lowest BCUT2D eigenvalue weighted by Crippen LogP contribution is -2.42. The number of alkyl halides is 3. The van der Waals surface area contributed by atoms with Crippen molar-refractivity contribution in [3.8, 4) is 28.7 Å². The molecule has 0 aliphatic rings. The number of hydrogen-bond donors (Lipinski definition) is 1. The van der Waals surface area contributed by atoms with Crippen molar-refractivity contribution in [3.63, 3.8) is 0 Å². The van der Waals surface area contributed by atoms with E-state index in [0.717, 1.165) is 29.2 Å². The van der Waals surface area contributed by atoms with Crippen LogP contribution in [-0.4, -0.2) is 40.2 Å². The second-order valence-corrected chi connectivity index (χ2v) is 10.00. The van der Waals surface area contributed by atoms with Crippen LogP contribution >= 0.6 is 11.3 Å². The van der Waals surface area contributed by atoms with Crippen LogP contribution in [0.5, 0.6) is 0 Å². The fourth-order valence-electron chi connectivity index (χ4n) is 3.28. The predicted octanol–water partition coefficient (Wildman–Crippen LogP) is 3.82. The molecule has 178 valence electrons. The van der Waals surface area contributed by atoms with Crippen LogP contribution in [0.2, 0.25) is 0 Å². The highest BCUT2D eigenvalue weighted by Crippen LogP contribution is 2.36. The average Bonchev–Trinajstić information content (AvgIpc) is 3.39. The van der Waals surface area contributed by atoms with Crippen molar-refractivity contribution < 1.29 is 21.6 Å². The Labute approximate surface area is 201 Å². The van der Waals surface area contributed by atoms with Gasteiger partial charge in [-0.3, -0.25) is 9.55 Å². The van der Waals surface area contributed by atoms with E-state index in [-0.39, 0.29) is 22.6 Å². The summed E-state index contributed by atoms with van der Waals surface area (Å²) in [4.78, 5) is 12.3. The molecular formula is C21H14F3N7O2S2. The molecule has 1 atom stereocenters. The molecule has 1 unspecified atom stereocenters. The lowest BCUT2D eigenvalue weighted by atomic mass is 10.1. The molecule has 0 aliphatic carbocycles. The number of nitrogens with zero attached hydrogens (tertiary/aromatic N) is 6. The third-order valence-electron chi connectivity index (χ3n) is 4.97. The number of pyridine rings is 2. The van der Waals surface area contributed by atoms with Crippen molar-refractivity contribution in [2.24, 2.45) is 0 Å². The fourth-order valence-corrected chi connectivity index (χ4v) is 5.21. The highest BCUT2D eigenvalue weighted by Gasteiger charge is 2.39. The Morgan fingerprint density at radius 1 is 1.17 bits per heavy atom. The summed E-state index contributed by atoms with van der Waals surface area (Å²) in [5.74, 6) is 0. The van der Waals surface area contributed by atoms with Gasteiger partial charge in [-0.1, -0.05) is 0 Å². The molecule has 4 aromatic heterocycles. The zero-order valence-electron chi connectivity index (χ0n) is 18.0. The van der Waals surface area contributed by atoms with Crippen molar-refractivity contribution in [2.75, 3.05) is 0 Å². The number of aromatic nitrogens is 4. The van der Waals surface area contributed by atoms with Crippen LogP contribution in [0.15, 0.2) is 40.9 Å². The van der Waals surface area contributed by atoms with Gasteiger partial charge in [-0.25, -0.2) is 18.4 Å². The highest BCUT2D eigenvalue weighted by atomic mass is 32.2. The molecule has 0 aliphatic heterocycles. The number of hydrogen-bond acceptors (Lipinski definition) is 8. The summed E-state index contributed by atoms with van der Waals surface area (Å²) < 4.78 is 66.4. The van der Waals surface area contributed by atoms with Gasteiger partial charge in [0.15, 0.2) is 10.8 Å². The Balaban J connectivity index is 1.88. The van der Waals surface area contributed by atoms with Gasteiger partial charge in [0.25, 0.3) is 0 Å². The molecule has 4 rings (SSSR count). The SMILES string of the molecule is Cc1cnc2c(c1)c(C#N)c(-c1ccc(S(=O)(=O)NC(C)C(F)(F)F)cn1)n2-c1nc(C#N)cs1. The average molecular weight is 518 g/mol. The molecule has 14 heteroatoms. The molecular weight excluding hydrogens is 503 g/mol. The number of fused-ring (bicyclic) bond motifs is 1.